The molecule has 1 N–H and O–H groups in total. The number of aliphatic imine (C=N–C) groups is 1. The lowest BCUT2D eigenvalue weighted by Crippen LogP contribution is -2.37. The highest BCUT2D eigenvalue weighted by Crippen LogP contribution is 2.15. The molecule has 0 aromatic carbocycles. The average molecular weight is 241 g/mol. The Labute approximate surface area is 103 Å². The molecule has 0 aromatic rings. The lowest BCUT2D eigenvalue weighted by atomic mass is 10.3. The summed E-state index contributed by atoms with van der Waals surface area (Å²) in [6.45, 7) is 8.01. The Balaban J connectivity index is 1.78. The number of nitrogens with zero attached hydrogens (tertiary/aromatic N) is 2. The topological polar surface area (TPSA) is 27.6 Å². The van der Waals surface area contributed by atoms with Crippen molar-refractivity contribution in [2.45, 2.75) is 45.2 Å². The van der Waals surface area contributed by atoms with Crippen molar-refractivity contribution in [3.05, 3.63) is 0 Å². The van der Waals surface area contributed by atoms with Gasteiger partial charge in [0.05, 0.1) is 6.54 Å². The van der Waals surface area contributed by atoms with Crippen LogP contribution >= 0.6 is 11.8 Å². The van der Waals surface area contributed by atoms with Crippen molar-refractivity contribution in [3.63, 3.8) is 0 Å². The first-order valence-electron chi connectivity index (χ1n) is 6.43. The fourth-order valence-corrected chi connectivity index (χ4v) is 3.38. The molecule has 2 heterocycles. The van der Waals surface area contributed by atoms with Gasteiger partial charge < -0.3 is 5.32 Å². The summed E-state index contributed by atoms with van der Waals surface area (Å²) >= 11 is 1.87. The fraction of sp³-hybridized carbons (Fsp3) is 0.917. The van der Waals surface area contributed by atoms with Crippen LogP contribution in [-0.2, 0) is 0 Å². The number of likely N-dealkylation sites (tertiary alicyclic amines) is 1. The molecule has 3 nitrogen and oxygen atoms in total. The molecule has 2 saturated heterocycles. The van der Waals surface area contributed by atoms with Crippen molar-refractivity contribution in [3.8, 4) is 0 Å². The predicted molar refractivity (Wildman–Crippen MR) is 72.2 cm³/mol. The first-order chi connectivity index (χ1) is 7.75. The van der Waals surface area contributed by atoms with Crippen LogP contribution in [0.15, 0.2) is 4.99 Å². The standard InChI is InChI=1S/C12H23N3S/c1-10-5-8-16-12(14-10)13-9-11(2)15-6-3-4-7-15/h10-11H,3-9H2,1-2H3,(H,13,14). The van der Waals surface area contributed by atoms with Gasteiger partial charge in [-0.1, -0.05) is 11.8 Å². The Morgan fingerprint density at radius 2 is 2.25 bits per heavy atom. The minimum atomic E-state index is 0.599. The Morgan fingerprint density at radius 3 is 2.94 bits per heavy atom. The molecule has 2 aliphatic rings. The van der Waals surface area contributed by atoms with Crippen LogP contribution in [0.1, 0.15) is 33.1 Å². The molecule has 0 amide bonds. The number of hydrogen-bond acceptors (Lipinski definition) is 3. The van der Waals surface area contributed by atoms with Gasteiger partial charge in [0.2, 0.25) is 0 Å². The SMILES string of the molecule is CC1CCSC(=NCC(C)N2CCCC2)N1. The molecule has 0 aromatic heterocycles. The van der Waals surface area contributed by atoms with Crippen LogP contribution in [0.5, 0.6) is 0 Å². The quantitative estimate of drug-likeness (QED) is 0.818. The monoisotopic (exact) mass is 241 g/mol. The van der Waals surface area contributed by atoms with Crippen molar-refractivity contribution >= 4 is 16.9 Å². The van der Waals surface area contributed by atoms with Crippen LogP contribution in [0.25, 0.3) is 0 Å². The third-order valence-electron chi connectivity index (χ3n) is 3.42. The summed E-state index contributed by atoms with van der Waals surface area (Å²) in [7, 11) is 0. The molecule has 0 spiro atoms. The highest BCUT2D eigenvalue weighted by Gasteiger charge is 2.18. The van der Waals surface area contributed by atoms with Gasteiger partial charge in [0.25, 0.3) is 0 Å². The Morgan fingerprint density at radius 1 is 1.50 bits per heavy atom. The van der Waals surface area contributed by atoms with Gasteiger partial charge in [-0.2, -0.15) is 0 Å². The molecular formula is C12H23N3S. The van der Waals surface area contributed by atoms with E-state index in [2.05, 4.69) is 24.1 Å². The third-order valence-corrected chi connectivity index (χ3v) is 4.38. The molecule has 0 saturated carbocycles. The number of amidine groups is 1. The van der Waals surface area contributed by atoms with Crippen LogP contribution in [0.4, 0.5) is 0 Å². The van der Waals surface area contributed by atoms with Gasteiger partial charge in [-0.05, 0) is 46.2 Å². The molecule has 2 fully saturated rings. The number of hydrogen-bond donors (Lipinski definition) is 1. The molecule has 4 heteroatoms. The lowest BCUT2D eigenvalue weighted by molar-refractivity contribution is 0.265. The number of rotatable bonds is 3. The Kier molecular flexibility index (Phi) is 4.53. The average Bonchev–Trinajstić information content (AvgIpc) is 2.79. The first kappa shape index (κ1) is 12.2. The lowest BCUT2D eigenvalue weighted by Gasteiger charge is -2.24. The van der Waals surface area contributed by atoms with Gasteiger partial charge >= 0.3 is 0 Å². The van der Waals surface area contributed by atoms with Crippen LogP contribution < -0.4 is 5.32 Å². The summed E-state index contributed by atoms with van der Waals surface area (Å²) in [4.78, 5) is 7.26. The zero-order valence-corrected chi connectivity index (χ0v) is 11.2. The molecular weight excluding hydrogens is 218 g/mol. The predicted octanol–water partition coefficient (Wildman–Crippen LogP) is 1.94. The third kappa shape index (κ3) is 3.39. The van der Waals surface area contributed by atoms with E-state index in [0.717, 1.165) is 11.7 Å². The van der Waals surface area contributed by atoms with Crippen molar-refractivity contribution < 1.29 is 0 Å². The van der Waals surface area contributed by atoms with Gasteiger partial charge in [-0.15, -0.1) is 0 Å². The molecule has 92 valence electrons. The van der Waals surface area contributed by atoms with Crippen molar-refractivity contribution in [1.29, 1.82) is 0 Å². The molecule has 2 unspecified atom stereocenters. The molecule has 2 aliphatic heterocycles. The molecule has 0 aliphatic carbocycles. The van der Waals surface area contributed by atoms with E-state index < -0.39 is 0 Å². The van der Waals surface area contributed by atoms with Gasteiger partial charge in [-0.25, -0.2) is 0 Å². The van der Waals surface area contributed by atoms with Crippen LogP contribution in [0.2, 0.25) is 0 Å². The van der Waals surface area contributed by atoms with E-state index in [1.807, 2.05) is 11.8 Å². The normalized spacial score (nSPS) is 31.6. The zero-order valence-electron chi connectivity index (χ0n) is 10.4. The minimum Gasteiger partial charge on any atom is -0.362 e. The maximum atomic E-state index is 4.70. The summed E-state index contributed by atoms with van der Waals surface area (Å²) in [6.07, 6.45) is 3.99. The largest absolute Gasteiger partial charge is 0.362 e. The summed E-state index contributed by atoms with van der Waals surface area (Å²) in [5.74, 6) is 1.21. The van der Waals surface area contributed by atoms with E-state index in [4.69, 9.17) is 4.99 Å². The molecule has 16 heavy (non-hydrogen) atoms. The molecule has 2 rings (SSSR count). The molecule has 0 bridgehead atoms. The maximum Gasteiger partial charge on any atom is 0.156 e. The highest BCUT2D eigenvalue weighted by atomic mass is 32.2. The van der Waals surface area contributed by atoms with Gasteiger partial charge in [0.1, 0.15) is 0 Å². The van der Waals surface area contributed by atoms with E-state index >= 15 is 0 Å². The van der Waals surface area contributed by atoms with E-state index in [-0.39, 0.29) is 0 Å². The van der Waals surface area contributed by atoms with Gasteiger partial charge in [0.15, 0.2) is 5.17 Å². The van der Waals surface area contributed by atoms with Crippen molar-refractivity contribution in [2.24, 2.45) is 4.99 Å². The zero-order chi connectivity index (χ0) is 11.4. The Hall–Kier alpha value is -0.220. The summed E-state index contributed by atoms with van der Waals surface area (Å²) < 4.78 is 0. The fourth-order valence-electron chi connectivity index (χ4n) is 2.26. The molecule has 2 atom stereocenters. The number of nitrogens with one attached hydrogen (secondary N) is 1. The first-order valence-corrected chi connectivity index (χ1v) is 7.42. The molecule has 0 radical (unpaired) electrons. The van der Waals surface area contributed by atoms with Gasteiger partial charge in [0, 0.05) is 17.8 Å². The van der Waals surface area contributed by atoms with Crippen LogP contribution in [0, 0.1) is 0 Å². The Bertz CT molecular complexity index is 249. The van der Waals surface area contributed by atoms with Gasteiger partial charge in [-0.3, -0.25) is 9.89 Å². The second-order valence-corrected chi connectivity index (χ2v) is 6.00. The van der Waals surface area contributed by atoms with Crippen LogP contribution in [0.3, 0.4) is 0 Å². The smallest absolute Gasteiger partial charge is 0.156 e. The second kappa shape index (κ2) is 5.92. The number of thioether (sulfide) groups is 1. The van der Waals surface area contributed by atoms with E-state index in [0.29, 0.717) is 12.1 Å². The highest BCUT2D eigenvalue weighted by molar-refractivity contribution is 8.13. The maximum absolute atomic E-state index is 4.70. The minimum absolute atomic E-state index is 0.599. The van der Waals surface area contributed by atoms with E-state index in [9.17, 15) is 0 Å². The van der Waals surface area contributed by atoms with E-state index in [1.54, 1.807) is 0 Å². The van der Waals surface area contributed by atoms with Crippen molar-refractivity contribution in [1.82, 2.24) is 10.2 Å². The summed E-state index contributed by atoms with van der Waals surface area (Å²) in [5.41, 5.74) is 0. The van der Waals surface area contributed by atoms with Crippen LogP contribution in [-0.4, -0.2) is 47.5 Å². The summed E-state index contributed by atoms with van der Waals surface area (Å²) in [6, 6.07) is 1.21. The van der Waals surface area contributed by atoms with E-state index in [1.165, 1.54) is 38.1 Å². The second-order valence-electron chi connectivity index (χ2n) is 4.92. The van der Waals surface area contributed by atoms with Crippen molar-refractivity contribution in [2.75, 3.05) is 25.4 Å². The summed E-state index contributed by atoms with van der Waals surface area (Å²) in [5, 5.41) is 4.61.